The zero-order chi connectivity index (χ0) is 19.5. The van der Waals surface area contributed by atoms with Crippen LogP contribution in [0.3, 0.4) is 0 Å². The Morgan fingerprint density at radius 1 is 1.18 bits per heavy atom. The number of carbonyl (C=O) groups excluding carboxylic acids is 1. The zero-order valence-corrected chi connectivity index (χ0v) is 15.8. The van der Waals surface area contributed by atoms with Gasteiger partial charge in [0.1, 0.15) is 5.75 Å². The molecule has 0 unspecified atom stereocenters. The summed E-state index contributed by atoms with van der Waals surface area (Å²) >= 11 is 0. The number of aromatic nitrogens is 2. The number of benzene rings is 2. The van der Waals surface area contributed by atoms with E-state index in [9.17, 15) is 9.90 Å². The van der Waals surface area contributed by atoms with E-state index in [2.05, 4.69) is 4.98 Å². The molecule has 0 spiro atoms. The molecule has 1 saturated heterocycles. The normalized spacial score (nSPS) is 14.4. The maximum Gasteiger partial charge on any atom is 0.297 e. The molecular formula is C21H23N3O4. The van der Waals surface area contributed by atoms with Crippen molar-refractivity contribution in [1.29, 1.82) is 0 Å². The number of amides is 1. The minimum atomic E-state index is 0.000503. The number of rotatable bonds is 5. The molecule has 2 aromatic carbocycles. The Morgan fingerprint density at radius 2 is 1.93 bits per heavy atom. The topological polar surface area (TPSA) is 76.8 Å². The molecule has 7 nitrogen and oxygen atoms in total. The number of aromatic hydroxyl groups is 1. The van der Waals surface area contributed by atoms with Crippen molar-refractivity contribution in [3.8, 4) is 11.8 Å². The Kier molecular flexibility index (Phi) is 5.16. The number of hydrogen-bond acceptors (Lipinski definition) is 5. The van der Waals surface area contributed by atoms with Gasteiger partial charge in [-0.1, -0.05) is 12.1 Å². The third kappa shape index (κ3) is 3.66. The second-order valence-electron chi connectivity index (χ2n) is 6.69. The first-order valence-electron chi connectivity index (χ1n) is 9.43. The number of carbonyl (C=O) groups is 1. The highest BCUT2D eigenvalue weighted by molar-refractivity contribution is 5.97. The summed E-state index contributed by atoms with van der Waals surface area (Å²) in [5.41, 5.74) is 3.25. The second-order valence-corrected chi connectivity index (χ2v) is 6.69. The van der Waals surface area contributed by atoms with E-state index < -0.39 is 0 Å². The first-order valence-corrected chi connectivity index (χ1v) is 9.43. The molecule has 1 aliphatic heterocycles. The van der Waals surface area contributed by atoms with Crippen LogP contribution in [-0.4, -0.2) is 58.4 Å². The van der Waals surface area contributed by atoms with E-state index in [-0.39, 0.29) is 11.7 Å². The SMILES string of the molecule is CCOc1nc2ccc(C(=O)N3CCOCC3)cc2n1Cc1ccc(O)cc1. The molecule has 1 N–H and O–H groups in total. The van der Waals surface area contributed by atoms with Crippen LogP contribution in [0.2, 0.25) is 0 Å². The van der Waals surface area contributed by atoms with Crippen LogP contribution in [0.15, 0.2) is 42.5 Å². The molecule has 7 heteroatoms. The van der Waals surface area contributed by atoms with E-state index in [1.807, 2.05) is 46.7 Å². The molecule has 1 aliphatic rings. The fourth-order valence-electron chi connectivity index (χ4n) is 3.36. The molecule has 2 heterocycles. The van der Waals surface area contributed by atoms with E-state index in [0.717, 1.165) is 16.6 Å². The molecule has 1 aromatic heterocycles. The van der Waals surface area contributed by atoms with Crippen molar-refractivity contribution < 1.29 is 19.4 Å². The predicted octanol–water partition coefficient (Wildman–Crippen LogP) is 2.66. The Labute approximate surface area is 163 Å². The van der Waals surface area contributed by atoms with Crippen LogP contribution in [-0.2, 0) is 11.3 Å². The van der Waals surface area contributed by atoms with Gasteiger partial charge >= 0.3 is 0 Å². The summed E-state index contributed by atoms with van der Waals surface area (Å²) in [6.07, 6.45) is 0. The van der Waals surface area contributed by atoms with Crippen LogP contribution in [0.5, 0.6) is 11.8 Å². The van der Waals surface area contributed by atoms with Crippen molar-refractivity contribution in [2.24, 2.45) is 0 Å². The number of phenols is 1. The maximum absolute atomic E-state index is 12.9. The van der Waals surface area contributed by atoms with E-state index >= 15 is 0 Å². The van der Waals surface area contributed by atoms with Gasteiger partial charge in [-0.2, -0.15) is 4.98 Å². The maximum atomic E-state index is 12.9. The third-order valence-electron chi connectivity index (χ3n) is 4.81. The van der Waals surface area contributed by atoms with Gasteiger partial charge in [-0.15, -0.1) is 0 Å². The molecule has 4 rings (SSSR count). The summed E-state index contributed by atoms with van der Waals surface area (Å²) < 4.78 is 13.0. The van der Waals surface area contributed by atoms with Gasteiger partial charge in [0.2, 0.25) is 0 Å². The van der Waals surface area contributed by atoms with Gasteiger partial charge in [-0.3, -0.25) is 9.36 Å². The highest BCUT2D eigenvalue weighted by Crippen LogP contribution is 2.25. The fourth-order valence-corrected chi connectivity index (χ4v) is 3.36. The average molecular weight is 381 g/mol. The lowest BCUT2D eigenvalue weighted by molar-refractivity contribution is 0.0303. The van der Waals surface area contributed by atoms with Crippen LogP contribution in [0.4, 0.5) is 0 Å². The third-order valence-corrected chi connectivity index (χ3v) is 4.81. The lowest BCUT2D eigenvalue weighted by Crippen LogP contribution is -2.40. The van der Waals surface area contributed by atoms with Crippen LogP contribution in [0.25, 0.3) is 11.0 Å². The average Bonchev–Trinajstić information content (AvgIpc) is 3.06. The molecule has 1 fully saturated rings. The van der Waals surface area contributed by atoms with Crippen molar-refractivity contribution in [1.82, 2.24) is 14.5 Å². The van der Waals surface area contributed by atoms with E-state index in [1.165, 1.54) is 0 Å². The van der Waals surface area contributed by atoms with Gasteiger partial charge in [0.25, 0.3) is 11.9 Å². The number of nitrogens with zero attached hydrogens (tertiary/aromatic N) is 3. The van der Waals surface area contributed by atoms with Gasteiger partial charge in [0.05, 0.1) is 37.4 Å². The minimum Gasteiger partial charge on any atom is -0.508 e. The van der Waals surface area contributed by atoms with Crippen LogP contribution < -0.4 is 4.74 Å². The standard InChI is InChI=1S/C21H23N3O4/c1-2-28-21-22-18-8-5-16(20(26)23-9-11-27-12-10-23)13-19(18)24(21)14-15-3-6-17(25)7-4-15/h3-8,13,25H,2,9-12,14H2,1H3. The lowest BCUT2D eigenvalue weighted by atomic mass is 10.1. The summed E-state index contributed by atoms with van der Waals surface area (Å²) in [5.74, 6) is 0.225. The molecule has 28 heavy (non-hydrogen) atoms. The summed E-state index contributed by atoms with van der Waals surface area (Å²) in [7, 11) is 0. The monoisotopic (exact) mass is 381 g/mol. The lowest BCUT2D eigenvalue weighted by Gasteiger charge is -2.26. The minimum absolute atomic E-state index is 0.000503. The number of imidazole rings is 1. The van der Waals surface area contributed by atoms with Gasteiger partial charge in [0, 0.05) is 18.7 Å². The number of hydrogen-bond donors (Lipinski definition) is 1. The summed E-state index contributed by atoms with van der Waals surface area (Å²) in [6.45, 7) is 5.29. The number of morpholine rings is 1. The molecule has 0 atom stereocenters. The number of phenolic OH excluding ortho intramolecular Hbond substituents is 1. The molecular weight excluding hydrogens is 358 g/mol. The van der Waals surface area contributed by atoms with Crippen molar-refractivity contribution in [2.45, 2.75) is 13.5 Å². The second kappa shape index (κ2) is 7.90. The summed E-state index contributed by atoms with van der Waals surface area (Å²) in [6, 6.07) is 13.1. The quantitative estimate of drug-likeness (QED) is 0.735. The van der Waals surface area contributed by atoms with Crippen molar-refractivity contribution in [3.05, 3.63) is 53.6 Å². The Balaban J connectivity index is 1.71. The van der Waals surface area contributed by atoms with Gasteiger partial charge in [0.15, 0.2) is 0 Å². The summed E-state index contributed by atoms with van der Waals surface area (Å²) in [4.78, 5) is 19.3. The zero-order valence-electron chi connectivity index (χ0n) is 15.8. The molecule has 0 saturated carbocycles. The fraction of sp³-hybridized carbons (Fsp3) is 0.333. The van der Waals surface area contributed by atoms with Gasteiger partial charge < -0.3 is 19.5 Å². The molecule has 1 amide bonds. The summed E-state index contributed by atoms with van der Waals surface area (Å²) in [5, 5.41) is 9.52. The van der Waals surface area contributed by atoms with E-state index in [1.54, 1.807) is 12.1 Å². The Bertz CT molecular complexity index is 975. The van der Waals surface area contributed by atoms with Crippen LogP contribution in [0.1, 0.15) is 22.8 Å². The van der Waals surface area contributed by atoms with E-state index in [0.29, 0.717) is 51.0 Å². The Hall–Kier alpha value is -3.06. The highest BCUT2D eigenvalue weighted by Gasteiger charge is 2.20. The van der Waals surface area contributed by atoms with Crippen molar-refractivity contribution in [3.63, 3.8) is 0 Å². The molecule has 146 valence electrons. The molecule has 0 aliphatic carbocycles. The largest absolute Gasteiger partial charge is 0.508 e. The first-order chi connectivity index (χ1) is 13.7. The number of fused-ring (bicyclic) bond motifs is 1. The first kappa shape index (κ1) is 18.3. The van der Waals surface area contributed by atoms with Gasteiger partial charge in [-0.05, 0) is 42.8 Å². The molecule has 0 bridgehead atoms. The van der Waals surface area contributed by atoms with Crippen molar-refractivity contribution in [2.75, 3.05) is 32.9 Å². The number of ether oxygens (including phenoxy) is 2. The van der Waals surface area contributed by atoms with E-state index in [4.69, 9.17) is 9.47 Å². The Morgan fingerprint density at radius 3 is 2.64 bits per heavy atom. The van der Waals surface area contributed by atoms with Crippen LogP contribution in [0, 0.1) is 0 Å². The van der Waals surface area contributed by atoms with Crippen LogP contribution >= 0.6 is 0 Å². The highest BCUT2D eigenvalue weighted by atomic mass is 16.5. The smallest absolute Gasteiger partial charge is 0.297 e. The van der Waals surface area contributed by atoms with Gasteiger partial charge in [-0.25, -0.2) is 0 Å². The van der Waals surface area contributed by atoms with Crippen molar-refractivity contribution >= 4 is 16.9 Å². The molecule has 0 radical (unpaired) electrons. The molecule has 3 aromatic rings. The predicted molar refractivity (Wildman–Crippen MR) is 105 cm³/mol.